The van der Waals surface area contributed by atoms with E-state index in [0.717, 1.165) is 0 Å². The molecule has 1 saturated heterocycles. The Morgan fingerprint density at radius 2 is 2.13 bits per heavy atom. The third-order valence-electron chi connectivity index (χ3n) is 4.74. The topological polar surface area (TPSA) is 74.0 Å². The second kappa shape index (κ2) is 9.56. The fraction of sp³-hybridized carbons (Fsp3) is 0.708. The monoisotopic (exact) mass is 440 g/mol. The lowest BCUT2D eigenvalue weighted by Crippen LogP contribution is -2.51. The Kier molecular flexibility index (Phi) is 2.44. The minimum atomic E-state index is -4.06. The van der Waals surface area contributed by atoms with Gasteiger partial charge in [-0.3, -0.25) is 9.69 Å². The molecule has 2 N–H and O–H groups in total. The van der Waals surface area contributed by atoms with Crippen LogP contribution in [0.4, 0.5) is 0 Å². The molecule has 6 nitrogen and oxygen atoms in total. The summed E-state index contributed by atoms with van der Waals surface area (Å²) in [7, 11) is -6.94. The zero-order valence-electron chi connectivity index (χ0n) is 38.4. The van der Waals surface area contributed by atoms with E-state index in [1.165, 1.54) is 0 Å². The summed E-state index contributed by atoms with van der Waals surface area (Å²) in [6.07, 6.45) is -7.84. The number of esters is 1. The first-order valence-electron chi connectivity index (χ1n) is 20.1. The van der Waals surface area contributed by atoms with Crippen LogP contribution in [0.1, 0.15) is 87.7 Å². The number of fused-ring (bicyclic) bond motifs is 3. The smallest absolute Gasteiger partial charge is 0.323 e. The number of hydrogen-bond donors (Lipinski definition) is 1. The molecule has 0 bridgehead atoms. The Labute approximate surface area is 211 Å². The van der Waals surface area contributed by atoms with Crippen molar-refractivity contribution in [2.24, 2.45) is 23.5 Å². The molecule has 6 heteroatoms. The van der Waals surface area contributed by atoms with Crippen LogP contribution in [0.5, 0.6) is 11.5 Å². The third kappa shape index (κ3) is 4.75. The van der Waals surface area contributed by atoms with Crippen molar-refractivity contribution in [3.8, 4) is 11.5 Å². The molecule has 0 aliphatic carbocycles. The second-order valence-corrected chi connectivity index (χ2v) is 7.30. The van der Waals surface area contributed by atoms with E-state index in [0.29, 0.717) is 4.90 Å². The molecule has 2 heterocycles. The van der Waals surface area contributed by atoms with Crippen LogP contribution in [0, 0.1) is 17.7 Å². The molecule has 3 rings (SSSR count). The second-order valence-electron chi connectivity index (χ2n) is 7.30. The van der Waals surface area contributed by atoms with Crippen molar-refractivity contribution in [1.29, 1.82) is 0 Å². The lowest BCUT2D eigenvalue weighted by Gasteiger charge is -2.47. The van der Waals surface area contributed by atoms with Gasteiger partial charge in [-0.15, -0.1) is 0 Å². The summed E-state index contributed by atoms with van der Waals surface area (Å²) in [4.78, 5) is 14.2. The molecule has 1 aromatic carbocycles. The molecule has 0 radical (unpaired) electrons. The van der Waals surface area contributed by atoms with Crippen molar-refractivity contribution in [1.82, 2.24) is 4.90 Å². The Balaban J connectivity index is 2.44. The maximum absolute atomic E-state index is 13.7. The van der Waals surface area contributed by atoms with Crippen LogP contribution in [0.3, 0.4) is 0 Å². The van der Waals surface area contributed by atoms with Crippen LogP contribution in [-0.4, -0.2) is 50.1 Å². The normalized spacial score (nSPS) is 47.0. The molecular weight excluding hydrogens is 380 g/mol. The Morgan fingerprint density at radius 1 is 1.40 bits per heavy atom. The highest BCUT2D eigenvalue weighted by atomic mass is 16.5. The first kappa shape index (κ1) is 7.66. The summed E-state index contributed by atoms with van der Waals surface area (Å²) in [6, 6.07) is -9.58. The number of ether oxygens (including phenoxy) is 3. The highest BCUT2D eigenvalue weighted by Crippen LogP contribution is 2.44. The van der Waals surface area contributed by atoms with Crippen molar-refractivity contribution >= 4 is 5.97 Å². The Bertz CT molecular complexity index is 1550. The number of nitrogens with two attached hydrogens (primary N) is 1. The third-order valence-corrected chi connectivity index (χ3v) is 4.74. The van der Waals surface area contributed by atoms with E-state index in [9.17, 15) is 7.54 Å². The molecule has 0 spiro atoms. The molecule has 0 saturated carbocycles. The van der Waals surface area contributed by atoms with Gasteiger partial charge in [-0.1, -0.05) is 27.6 Å². The maximum atomic E-state index is 13.7. The summed E-state index contributed by atoms with van der Waals surface area (Å²) < 4.78 is 195. The summed E-state index contributed by atoms with van der Waals surface area (Å²) in [5, 5.41) is 0. The van der Waals surface area contributed by atoms with Crippen molar-refractivity contribution in [3.63, 3.8) is 0 Å². The fourth-order valence-corrected chi connectivity index (χ4v) is 3.39. The van der Waals surface area contributed by atoms with Gasteiger partial charge in [0.25, 0.3) is 0 Å². The summed E-state index contributed by atoms with van der Waals surface area (Å²) in [5.74, 6) is -10.8. The zero-order chi connectivity index (χ0) is 41.0. The molecule has 2 aliphatic rings. The predicted octanol–water partition coefficient (Wildman–Crippen LogP) is 3.56. The van der Waals surface area contributed by atoms with Gasteiger partial charge in [-0.25, -0.2) is 0 Å². The number of nitrogens with zero attached hydrogens (tertiary/aromatic N) is 1. The molecular formula is C24H38N2O4. The number of carbonyl (C=O) groups excluding carboxylic acids is 1. The van der Waals surface area contributed by atoms with Gasteiger partial charge in [0.05, 0.1) is 29.2 Å². The van der Waals surface area contributed by atoms with Crippen LogP contribution in [0.2, 0.25) is 0 Å². The molecule has 2 aliphatic heterocycles. The highest BCUT2D eigenvalue weighted by molar-refractivity contribution is 5.76. The van der Waals surface area contributed by atoms with Crippen LogP contribution in [0.25, 0.3) is 0 Å². The Morgan fingerprint density at radius 3 is 2.80 bits per heavy atom. The van der Waals surface area contributed by atoms with Crippen molar-refractivity contribution in [2.45, 2.75) is 64.9 Å². The van der Waals surface area contributed by atoms with Crippen molar-refractivity contribution < 1.29 is 49.2 Å². The van der Waals surface area contributed by atoms with Gasteiger partial charge in [0.15, 0.2) is 11.5 Å². The minimum absolute atomic E-state index is 0.175. The molecule has 3 unspecified atom stereocenters. The number of carbonyl (C=O) groups is 1. The van der Waals surface area contributed by atoms with Gasteiger partial charge >= 0.3 is 5.97 Å². The quantitative estimate of drug-likeness (QED) is 0.654. The van der Waals surface area contributed by atoms with Crippen LogP contribution < -0.4 is 15.2 Å². The van der Waals surface area contributed by atoms with Gasteiger partial charge in [-0.05, 0) is 47.8 Å². The van der Waals surface area contributed by atoms with Gasteiger partial charge in [-0.2, -0.15) is 0 Å². The number of piperidine rings is 1. The number of methoxy groups -OCH3 is 2. The van der Waals surface area contributed by atoms with E-state index in [4.69, 9.17) is 47.4 Å². The van der Waals surface area contributed by atoms with E-state index < -0.39 is 130 Å². The van der Waals surface area contributed by atoms with E-state index in [1.807, 2.05) is 0 Å². The van der Waals surface area contributed by atoms with Gasteiger partial charge in [0.1, 0.15) is 12.1 Å². The molecule has 1 aromatic rings. The van der Waals surface area contributed by atoms with Crippen molar-refractivity contribution in [3.05, 3.63) is 23.2 Å². The molecule has 4 atom stereocenters. The van der Waals surface area contributed by atoms with Gasteiger partial charge < -0.3 is 19.9 Å². The Hall–Kier alpha value is -1.79. The van der Waals surface area contributed by atoms with E-state index in [2.05, 4.69) is 0 Å². The van der Waals surface area contributed by atoms with Crippen LogP contribution in [-0.2, 0) is 15.9 Å². The van der Waals surface area contributed by atoms with Crippen LogP contribution >= 0.6 is 0 Å². The standard InChI is InChI=1S/C24H38N2O4/c1-14(2)9-17-13-26-8-7-16-10-21(28-5)22(29-6)11-18(16)19(26)12-20(17)30-24(27)23(25)15(3)4/h10-11,14-15,17,19-20,23H,7-9,12-13,25H2,1-6H3/t17?,19?,20?,23-/m0/s1/i3D3,4D3,5D3,6D3,7D2,8D2,10D,11D,15D,19D,20D,23D. The predicted molar refractivity (Wildman–Crippen MR) is 118 cm³/mol. The first-order valence-corrected chi connectivity index (χ1v) is 9.11. The van der Waals surface area contributed by atoms with Crippen LogP contribution in [0.15, 0.2) is 12.1 Å². The highest BCUT2D eigenvalue weighted by Gasteiger charge is 2.41. The molecule has 0 aromatic heterocycles. The maximum Gasteiger partial charge on any atom is 0.323 e. The average molecular weight is 441 g/mol. The molecule has 1 fully saturated rings. The zero-order valence-corrected chi connectivity index (χ0v) is 16.4. The van der Waals surface area contributed by atoms with Gasteiger partial charge in [0, 0.05) is 46.5 Å². The number of rotatable bonds is 7. The van der Waals surface area contributed by atoms with Gasteiger partial charge in [0.2, 0.25) is 0 Å². The largest absolute Gasteiger partial charge is 0.493 e. The van der Waals surface area contributed by atoms with E-state index in [-0.39, 0.29) is 6.42 Å². The summed E-state index contributed by atoms with van der Waals surface area (Å²) >= 11 is 0. The van der Waals surface area contributed by atoms with Crippen molar-refractivity contribution in [2.75, 3.05) is 27.1 Å². The minimum Gasteiger partial charge on any atom is -0.493 e. The van der Waals surface area contributed by atoms with E-state index in [1.54, 1.807) is 13.8 Å². The lowest BCUT2D eigenvalue weighted by atomic mass is 9.79. The SMILES string of the molecule is [2H]c1c(OC([2H])([2H])[2H])c(OC([2H])([2H])[2H])c([2H])c2c1C1([2H])CC([2H])(OC(=O)[C@@]([2H])(N)C([2H])(C([2H])([2H])[2H])C([2H])([2H])[2H])C(CC(C)C)CN1C([2H])([2H])C2([2H])[2H]. The fourth-order valence-electron chi connectivity index (χ4n) is 3.39. The lowest BCUT2D eigenvalue weighted by molar-refractivity contribution is -0.160. The number of benzene rings is 1. The number of hydrogen-bond acceptors (Lipinski definition) is 6. The molecule has 168 valence electrons. The average Bonchev–Trinajstić information content (AvgIpc) is 2.89. The first-order chi connectivity index (χ1) is 22.7. The summed E-state index contributed by atoms with van der Waals surface area (Å²) in [6.45, 7) is -8.87. The summed E-state index contributed by atoms with van der Waals surface area (Å²) in [5.41, 5.74) is 3.50. The molecule has 30 heavy (non-hydrogen) atoms. The van der Waals surface area contributed by atoms with E-state index >= 15 is 0 Å². The molecule has 0 amide bonds.